The molecule has 1 unspecified atom stereocenters. The van der Waals surface area contributed by atoms with E-state index in [1.165, 1.54) is 6.21 Å². The van der Waals surface area contributed by atoms with Gasteiger partial charge >= 0.3 is 0 Å². The third kappa shape index (κ3) is 5.72. The summed E-state index contributed by atoms with van der Waals surface area (Å²) >= 11 is 0. The van der Waals surface area contributed by atoms with E-state index in [4.69, 9.17) is 11.1 Å². The first-order valence-electron chi connectivity index (χ1n) is 3.52. The maximum Gasteiger partial charge on any atom is 0.0371 e. The van der Waals surface area contributed by atoms with Gasteiger partial charge in [0.15, 0.2) is 0 Å². The summed E-state index contributed by atoms with van der Waals surface area (Å²) in [6, 6.07) is -0.0194. The zero-order chi connectivity index (χ0) is 8.69. The SMILES string of the molecule is CNN(C)CC(N)/C=C/C=N. The number of hydrogen-bond acceptors (Lipinski definition) is 4. The molecule has 0 aromatic heterocycles. The summed E-state index contributed by atoms with van der Waals surface area (Å²) in [5, 5.41) is 8.61. The lowest BCUT2D eigenvalue weighted by Crippen LogP contribution is -2.40. The molecule has 4 N–H and O–H groups in total. The van der Waals surface area contributed by atoms with Crippen LogP contribution in [0.4, 0.5) is 0 Å². The van der Waals surface area contributed by atoms with Crippen LogP contribution in [0.3, 0.4) is 0 Å². The van der Waals surface area contributed by atoms with E-state index in [-0.39, 0.29) is 6.04 Å². The van der Waals surface area contributed by atoms with Gasteiger partial charge in [-0.25, -0.2) is 5.01 Å². The number of hydrogen-bond donors (Lipinski definition) is 3. The Kier molecular flexibility index (Phi) is 5.64. The van der Waals surface area contributed by atoms with E-state index < -0.39 is 0 Å². The first-order chi connectivity index (χ1) is 5.20. The van der Waals surface area contributed by atoms with Gasteiger partial charge in [-0.05, 0) is 13.1 Å². The fourth-order valence-corrected chi connectivity index (χ4v) is 0.667. The third-order valence-electron chi connectivity index (χ3n) is 1.32. The third-order valence-corrected chi connectivity index (χ3v) is 1.32. The van der Waals surface area contributed by atoms with E-state index in [0.29, 0.717) is 0 Å². The minimum absolute atomic E-state index is 0.0194. The van der Waals surface area contributed by atoms with E-state index >= 15 is 0 Å². The molecule has 0 saturated carbocycles. The van der Waals surface area contributed by atoms with Crippen LogP contribution in [0.25, 0.3) is 0 Å². The van der Waals surface area contributed by atoms with E-state index in [1.807, 2.05) is 19.1 Å². The largest absolute Gasteiger partial charge is 0.323 e. The van der Waals surface area contributed by atoms with E-state index in [1.54, 1.807) is 12.2 Å². The number of hydrazine groups is 1. The summed E-state index contributed by atoms with van der Waals surface area (Å²) in [5.41, 5.74) is 8.60. The molecule has 0 fully saturated rings. The minimum atomic E-state index is -0.0194. The lowest BCUT2D eigenvalue weighted by molar-refractivity contribution is 0.254. The first-order valence-corrected chi connectivity index (χ1v) is 3.52. The average molecular weight is 156 g/mol. The second-order valence-electron chi connectivity index (χ2n) is 2.32. The highest BCUT2D eigenvalue weighted by Gasteiger charge is 1.99. The number of nitrogens with two attached hydrogens (primary N) is 1. The van der Waals surface area contributed by atoms with Gasteiger partial charge in [0.05, 0.1) is 0 Å². The minimum Gasteiger partial charge on any atom is -0.323 e. The summed E-state index contributed by atoms with van der Waals surface area (Å²) in [6.45, 7) is 0.737. The van der Waals surface area contributed by atoms with Crippen LogP contribution in [0.5, 0.6) is 0 Å². The highest BCUT2D eigenvalue weighted by molar-refractivity contribution is 5.67. The number of likely N-dealkylation sites (N-methyl/N-ethyl adjacent to an activating group) is 1. The van der Waals surface area contributed by atoms with Crippen LogP contribution in [0.1, 0.15) is 0 Å². The van der Waals surface area contributed by atoms with Crippen molar-refractivity contribution in [3.8, 4) is 0 Å². The lowest BCUT2D eigenvalue weighted by atomic mass is 10.3. The molecule has 11 heavy (non-hydrogen) atoms. The monoisotopic (exact) mass is 156 g/mol. The van der Waals surface area contributed by atoms with Gasteiger partial charge < -0.3 is 11.1 Å². The van der Waals surface area contributed by atoms with Crippen molar-refractivity contribution in [3.05, 3.63) is 12.2 Å². The molecule has 4 nitrogen and oxygen atoms in total. The van der Waals surface area contributed by atoms with Crippen molar-refractivity contribution in [2.45, 2.75) is 6.04 Å². The van der Waals surface area contributed by atoms with Crippen molar-refractivity contribution >= 4 is 6.21 Å². The van der Waals surface area contributed by atoms with Gasteiger partial charge in [-0.15, -0.1) is 0 Å². The van der Waals surface area contributed by atoms with Crippen LogP contribution in [0.15, 0.2) is 12.2 Å². The topological polar surface area (TPSA) is 65.1 Å². The van der Waals surface area contributed by atoms with Crippen LogP contribution < -0.4 is 11.2 Å². The molecule has 64 valence electrons. The molecule has 0 aromatic carbocycles. The first kappa shape index (κ1) is 10.3. The van der Waals surface area contributed by atoms with Crippen molar-refractivity contribution in [1.29, 1.82) is 5.41 Å². The summed E-state index contributed by atoms with van der Waals surface area (Å²) in [4.78, 5) is 0. The van der Waals surface area contributed by atoms with Gasteiger partial charge in [-0.1, -0.05) is 6.08 Å². The predicted molar refractivity (Wildman–Crippen MR) is 47.6 cm³/mol. The number of rotatable bonds is 5. The molecule has 0 heterocycles. The number of nitrogens with zero attached hydrogens (tertiary/aromatic N) is 1. The zero-order valence-corrected chi connectivity index (χ0v) is 7.04. The predicted octanol–water partition coefficient (Wildman–Crippen LogP) is -0.414. The van der Waals surface area contributed by atoms with Gasteiger partial charge in [0, 0.05) is 25.8 Å². The molecule has 0 bridgehead atoms. The van der Waals surface area contributed by atoms with Gasteiger partial charge in [-0.2, -0.15) is 0 Å². The maximum absolute atomic E-state index is 6.73. The van der Waals surface area contributed by atoms with Gasteiger partial charge in [0.2, 0.25) is 0 Å². The second kappa shape index (κ2) is 6.03. The molecule has 0 radical (unpaired) electrons. The number of nitrogens with one attached hydrogen (secondary N) is 2. The Bertz CT molecular complexity index is 132. The lowest BCUT2D eigenvalue weighted by Gasteiger charge is -2.17. The highest BCUT2D eigenvalue weighted by atomic mass is 15.5. The fourth-order valence-electron chi connectivity index (χ4n) is 0.667. The molecule has 0 aliphatic rings. The fraction of sp³-hybridized carbons (Fsp3) is 0.571. The Morgan fingerprint density at radius 2 is 2.36 bits per heavy atom. The normalized spacial score (nSPS) is 14.2. The van der Waals surface area contributed by atoms with Crippen molar-refractivity contribution in [2.75, 3.05) is 20.6 Å². The molecule has 0 aliphatic carbocycles. The Morgan fingerprint density at radius 1 is 1.73 bits per heavy atom. The van der Waals surface area contributed by atoms with Crippen LogP contribution in [0, 0.1) is 5.41 Å². The van der Waals surface area contributed by atoms with Gasteiger partial charge in [0.1, 0.15) is 0 Å². The van der Waals surface area contributed by atoms with Gasteiger partial charge in [-0.3, -0.25) is 5.43 Å². The zero-order valence-electron chi connectivity index (χ0n) is 7.04. The molecule has 0 saturated heterocycles. The quantitative estimate of drug-likeness (QED) is 0.374. The Labute approximate surface area is 67.5 Å². The van der Waals surface area contributed by atoms with Crippen molar-refractivity contribution < 1.29 is 0 Å². The summed E-state index contributed by atoms with van der Waals surface area (Å²) in [7, 11) is 3.76. The van der Waals surface area contributed by atoms with Crippen LogP contribution >= 0.6 is 0 Å². The molecule has 0 aliphatic heterocycles. The molecule has 0 rings (SSSR count). The molecule has 1 atom stereocenters. The van der Waals surface area contributed by atoms with Crippen molar-refractivity contribution in [2.24, 2.45) is 5.73 Å². The van der Waals surface area contributed by atoms with Crippen LogP contribution in [0.2, 0.25) is 0 Å². The Morgan fingerprint density at radius 3 is 2.82 bits per heavy atom. The maximum atomic E-state index is 6.73. The smallest absolute Gasteiger partial charge is 0.0371 e. The average Bonchev–Trinajstić information content (AvgIpc) is 2.00. The highest BCUT2D eigenvalue weighted by Crippen LogP contribution is 1.83. The molecule has 4 heteroatoms. The van der Waals surface area contributed by atoms with Crippen molar-refractivity contribution in [3.63, 3.8) is 0 Å². The second-order valence-corrected chi connectivity index (χ2v) is 2.32. The van der Waals surface area contributed by atoms with E-state index in [0.717, 1.165) is 6.54 Å². The molecular formula is C7H16N4. The van der Waals surface area contributed by atoms with E-state index in [2.05, 4.69) is 5.43 Å². The van der Waals surface area contributed by atoms with Crippen LogP contribution in [-0.2, 0) is 0 Å². The molecular weight excluding hydrogens is 140 g/mol. The molecule has 0 amide bonds. The molecule has 0 aromatic rings. The number of allylic oxidation sites excluding steroid dienone is 1. The Hall–Kier alpha value is -0.710. The van der Waals surface area contributed by atoms with Gasteiger partial charge in [0.25, 0.3) is 0 Å². The standard InChI is InChI=1S/C7H16N4/c1-10-11(2)6-7(9)4-3-5-8/h3-5,7-8,10H,6,9H2,1-2H3/b4-3+,8-5?. The summed E-state index contributed by atoms with van der Waals surface area (Å²) in [5.74, 6) is 0. The van der Waals surface area contributed by atoms with Crippen LogP contribution in [-0.4, -0.2) is 37.9 Å². The molecule has 0 spiro atoms. The van der Waals surface area contributed by atoms with Crippen molar-refractivity contribution in [1.82, 2.24) is 10.4 Å². The van der Waals surface area contributed by atoms with E-state index in [9.17, 15) is 0 Å². The summed E-state index contributed by atoms with van der Waals surface area (Å²) < 4.78 is 0. The Balaban J connectivity index is 3.58. The summed E-state index contributed by atoms with van der Waals surface area (Å²) in [6.07, 6.45) is 4.65.